The topological polar surface area (TPSA) is 40.5 Å². The number of rotatable bonds is 6. The zero-order chi connectivity index (χ0) is 16.8. The number of amides is 1. The molecule has 0 aliphatic heterocycles. The minimum Gasteiger partial charge on any atom is -0.395 e. The van der Waals surface area contributed by atoms with E-state index in [4.69, 9.17) is 0 Å². The predicted octanol–water partition coefficient (Wildman–Crippen LogP) is 3.34. The van der Waals surface area contributed by atoms with Crippen LogP contribution in [0, 0.1) is 5.82 Å². The van der Waals surface area contributed by atoms with Crippen molar-refractivity contribution in [2.45, 2.75) is 32.4 Å². The van der Waals surface area contributed by atoms with E-state index in [1.165, 1.54) is 12.1 Å². The highest BCUT2D eigenvalue weighted by Gasteiger charge is 2.27. The average molecular weight is 315 g/mol. The van der Waals surface area contributed by atoms with E-state index in [0.717, 1.165) is 11.1 Å². The van der Waals surface area contributed by atoms with Crippen molar-refractivity contribution in [2.75, 3.05) is 6.61 Å². The van der Waals surface area contributed by atoms with Crippen LogP contribution in [-0.2, 0) is 11.3 Å². The van der Waals surface area contributed by atoms with Gasteiger partial charge in [-0.15, -0.1) is 0 Å². The molecule has 0 aromatic heterocycles. The van der Waals surface area contributed by atoms with Gasteiger partial charge in [0.2, 0.25) is 5.91 Å². The molecule has 0 fully saturated rings. The highest BCUT2D eigenvalue weighted by Crippen LogP contribution is 2.21. The number of halogens is 1. The highest BCUT2D eigenvalue weighted by molar-refractivity contribution is 5.84. The summed E-state index contributed by atoms with van der Waals surface area (Å²) in [5.41, 5.74) is 1.66. The molecule has 0 saturated heterocycles. The number of carbonyl (C=O) groups is 1. The zero-order valence-corrected chi connectivity index (χ0v) is 13.4. The van der Waals surface area contributed by atoms with Crippen LogP contribution in [-0.4, -0.2) is 28.6 Å². The highest BCUT2D eigenvalue weighted by atomic mass is 19.1. The molecular formula is C19H22FNO2. The monoisotopic (exact) mass is 315 g/mol. The Morgan fingerprint density at radius 3 is 2.22 bits per heavy atom. The lowest BCUT2D eigenvalue weighted by Crippen LogP contribution is -2.40. The normalized spacial score (nSPS) is 12.2. The molecule has 1 unspecified atom stereocenters. The van der Waals surface area contributed by atoms with E-state index in [9.17, 15) is 14.3 Å². The summed E-state index contributed by atoms with van der Waals surface area (Å²) in [7, 11) is 0. The number of aliphatic hydroxyl groups is 1. The minimum atomic E-state index is -0.584. The molecule has 23 heavy (non-hydrogen) atoms. The van der Waals surface area contributed by atoms with E-state index >= 15 is 0 Å². The van der Waals surface area contributed by atoms with Crippen molar-refractivity contribution < 1.29 is 14.3 Å². The van der Waals surface area contributed by atoms with Crippen LogP contribution in [0.1, 0.15) is 30.9 Å². The second-order valence-corrected chi connectivity index (χ2v) is 5.83. The van der Waals surface area contributed by atoms with Gasteiger partial charge in [-0.25, -0.2) is 4.39 Å². The van der Waals surface area contributed by atoms with Gasteiger partial charge in [0.1, 0.15) is 5.82 Å². The average Bonchev–Trinajstić information content (AvgIpc) is 2.55. The Bertz CT molecular complexity index is 626. The van der Waals surface area contributed by atoms with Crippen molar-refractivity contribution in [1.29, 1.82) is 0 Å². The van der Waals surface area contributed by atoms with Crippen LogP contribution in [0.25, 0.3) is 0 Å². The first-order valence-electron chi connectivity index (χ1n) is 7.73. The third-order valence-electron chi connectivity index (χ3n) is 3.86. The van der Waals surface area contributed by atoms with Crippen molar-refractivity contribution in [3.8, 4) is 0 Å². The molecule has 122 valence electrons. The summed E-state index contributed by atoms with van der Waals surface area (Å²) in [6.45, 7) is 4.01. The van der Waals surface area contributed by atoms with Crippen LogP contribution in [0.4, 0.5) is 4.39 Å². The van der Waals surface area contributed by atoms with Crippen LogP contribution in [0.5, 0.6) is 0 Å². The van der Waals surface area contributed by atoms with Crippen LogP contribution in [0.3, 0.4) is 0 Å². The fourth-order valence-electron chi connectivity index (χ4n) is 2.51. The first kappa shape index (κ1) is 17.2. The molecule has 0 bridgehead atoms. The van der Waals surface area contributed by atoms with Crippen molar-refractivity contribution in [3.05, 3.63) is 71.5 Å². The van der Waals surface area contributed by atoms with Gasteiger partial charge in [-0.3, -0.25) is 4.79 Å². The summed E-state index contributed by atoms with van der Waals surface area (Å²) in [6, 6.07) is 15.4. The Balaban J connectivity index is 2.22. The summed E-state index contributed by atoms with van der Waals surface area (Å²) in [4.78, 5) is 14.6. The van der Waals surface area contributed by atoms with Crippen molar-refractivity contribution in [2.24, 2.45) is 0 Å². The van der Waals surface area contributed by atoms with E-state index in [-0.39, 0.29) is 24.4 Å². The van der Waals surface area contributed by atoms with Gasteiger partial charge in [0, 0.05) is 12.6 Å². The molecule has 3 nitrogen and oxygen atoms in total. The van der Waals surface area contributed by atoms with Crippen LogP contribution in [0.2, 0.25) is 0 Å². The van der Waals surface area contributed by atoms with Gasteiger partial charge < -0.3 is 10.0 Å². The summed E-state index contributed by atoms with van der Waals surface area (Å²) in [5.74, 6) is -1.01. The van der Waals surface area contributed by atoms with E-state index < -0.39 is 5.92 Å². The molecule has 0 saturated carbocycles. The molecule has 0 heterocycles. The van der Waals surface area contributed by atoms with Gasteiger partial charge in [0.05, 0.1) is 12.5 Å². The summed E-state index contributed by atoms with van der Waals surface area (Å²) >= 11 is 0. The summed E-state index contributed by atoms with van der Waals surface area (Å²) in [5, 5.41) is 9.69. The van der Waals surface area contributed by atoms with Gasteiger partial charge in [-0.1, -0.05) is 42.5 Å². The molecule has 0 aliphatic carbocycles. The quantitative estimate of drug-likeness (QED) is 0.888. The molecule has 2 rings (SSSR count). The van der Waals surface area contributed by atoms with Crippen LogP contribution >= 0.6 is 0 Å². The van der Waals surface area contributed by atoms with Gasteiger partial charge in [0.15, 0.2) is 0 Å². The lowest BCUT2D eigenvalue weighted by atomic mass is 9.97. The molecular weight excluding hydrogens is 293 g/mol. The molecule has 1 atom stereocenters. The molecule has 0 aliphatic rings. The third-order valence-corrected chi connectivity index (χ3v) is 3.86. The molecule has 1 amide bonds. The van der Waals surface area contributed by atoms with E-state index in [0.29, 0.717) is 6.54 Å². The Morgan fingerprint density at radius 2 is 1.70 bits per heavy atom. The zero-order valence-electron chi connectivity index (χ0n) is 13.4. The Labute approximate surface area is 136 Å². The summed E-state index contributed by atoms with van der Waals surface area (Å²) < 4.78 is 13.0. The lowest BCUT2D eigenvalue weighted by molar-refractivity contribution is -0.136. The Morgan fingerprint density at radius 1 is 1.09 bits per heavy atom. The molecule has 1 N–H and O–H groups in total. The maximum atomic E-state index is 13.0. The van der Waals surface area contributed by atoms with Crippen molar-refractivity contribution in [3.63, 3.8) is 0 Å². The lowest BCUT2D eigenvalue weighted by Gasteiger charge is -2.30. The number of nitrogens with zero attached hydrogens (tertiary/aromatic N) is 1. The number of benzene rings is 2. The van der Waals surface area contributed by atoms with E-state index in [1.54, 1.807) is 17.0 Å². The van der Waals surface area contributed by atoms with Crippen molar-refractivity contribution >= 4 is 5.91 Å². The standard InChI is InChI=1S/C19H22FNO2/c1-14(2)21(12-15-8-10-17(20)11-9-15)19(23)18(13-22)16-6-4-3-5-7-16/h3-11,14,18,22H,12-13H2,1-2H3. The number of hydrogen-bond acceptors (Lipinski definition) is 2. The molecule has 4 heteroatoms. The van der Waals surface area contributed by atoms with Crippen LogP contribution < -0.4 is 0 Å². The maximum absolute atomic E-state index is 13.0. The smallest absolute Gasteiger partial charge is 0.232 e. The predicted molar refractivity (Wildman–Crippen MR) is 88.4 cm³/mol. The number of carbonyl (C=O) groups excluding carboxylic acids is 1. The third kappa shape index (κ3) is 4.39. The largest absolute Gasteiger partial charge is 0.395 e. The molecule has 2 aromatic rings. The second kappa shape index (κ2) is 7.88. The van der Waals surface area contributed by atoms with Gasteiger partial charge in [-0.2, -0.15) is 0 Å². The second-order valence-electron chi connectivity index (χ2n) is 5.83. The summed E-state index contributed by atoms with van der Waals surface area (Å²) in [6.07, 6.45) is 0. The van der Waals surface area contributed by atoms with E-state index in [2.05, 4.69) is 0 Å². The van der Waals surface area contributed by atoms with Crippen molar-refractivity contribution in [1.82, 2.24) is 4.90 Å². The van der Waals surface area contributed by atoms with Gasteiger partial charge in [0.25, 0.3) is 0 Å². The Kier molecular flexibility index (Phi) is 5.88. The van der Waals surface area contributed by atoms with Crippen LogP contribution in [0.15, 0.2) is 54.6 Å². The van der Waals surface area contributed by atoms with Gasteiger partial charge in [-0.05, 0) is 37.1 Å². The molecule has 0 spiro atoms. The minimum absolute atomic E-state index is 0.0229. The fraction of sp³-hybridized carbons (Fsp3) is 0.316. The first-order chi connectivity index (χ1) is 11.0. The molecule has 2 aromatic carbocycles. The maximum Gasteiger partial charge on any atom is 0.232 e. The fourth-order valence-corrected chi connectivity index (χ4v) is 2.51. The SMILES string of the molecule is CC(C)N(Cc1ccc(F)cc1)C(=O)C(CO)c1ccccc1. The van der Waals surface area contributed by atoms with E-state index in [1.807, 2.05) is 44.2 Å². The van der Waals surface area contributed by atoms with Gasteiger partial charge >= 0.3 is 0 Å². The number of hydrogen-bond donors (Lipinski definition) is 1. The molecule has 0 radical (unpaired) electrons. The first-order valence-corrected chi connectivity index (χ1v) is 7.73. The Hall–Kier alpha value is -2.20. The number of aliphatic hydroxyl groups excluding tert-OH is 1.